The van der Waals surface area contributed by atoms with Gasteiger partial charge in [-0.2, -0.15) is 5.10 Å². The molecular weight excluding hydrogens is 254 g/mol. The minimum atomic E-state index is -0.406. The number of aromatic amines is 1. The number of hydrogen-bond acceptors (Lipinski definition) is 4. The van der Waals surface area contributed by atoms with Crippen molar-refractivity contribution in [3.63, 3.8) is 0 Å². The van der Waals surface area contributed by atoms with Gasteiger partial charge in [0.05, 0.1) is 11.6 Å². The number of aliphatic hydroxyl groups is 1. The van der Waals surface area contributed by atoms with Crippen LogP contribution in [0.25, 0.3) is 10.9 Å². The molecule has 0 aliphatic rings. The van der Waals surface area contributed by atoms with Gasteiger partial charge < -0.3 is 15.6 Å². The van der Waals surface area contributed by atoms with E-state index in [1.165, 1.54) is 0 Å². The van der Waals surface area contributed by atoms with Gasteiger partial charge in [0.1, 0.15) is 12.4 Å². The van der Waals surface area contributed by atoms with Gasteiger partial charge in [0.2, 0.25) is 0 Å². The van der Waals surface area contributed by atoms with Crippen molar-refractivity contribution in [3.8, 4) is 5.75 Å². The molecule has 2 unspecified atom stereocenters. The van der Waals surface area contributed by atoms with Crippen LogP contribution in [0.3, 0.4) is 0 Å². The standard InChI is InChI=1S/C15H23N3O2/c1-9(2)15-13-5-4-12(7-14(13)17-18-15)20-8-11(16)6-10(3)19/h4-5,7,9-11,19H,6,8,16H2,1-3H3,(H,17,18). The summed E-state index contributed by atoms with van der Waals surface area (Å²) in [5.41, 5.74) is 7.91. The van der Waals surface area contributed by atoms with E-state index in [-0.39, 0.29) is 6.04 Å². The quantitative estimate of drug-likeness (QED) is 0.755. The molecule has 1 aromatic heterocycles. The Bertz CT molecular complexity index is 563. The monoisotopic (exact) mass is 277 g/mol. The molecule has 5 heteroatoms. The number of rotatable bonds is 6. The van der Waals surface area contributed by atoms with E-state index in [1.807, 2.05) is 18.2 Å². The second-order valence-electron chi connectivity index (χ2n) is 5.63. The van der Waals surface area contributed by atoms with Gasteiger partial charge in [0, 0.05) is 23.2 Å². The molecule has 0 bridgehead atoms. The van der Waals surface area contributed by atoms with E-state index in [0.717, 1.165) is 22.3 Å². The Morgan fingerprint density at radius 2 is 2.10 bits per heavy atom. The molecule has 0 spiro atoms. The maximum atomic E-state index is 9.27. The number of nitrogens with zero attached hydrogens (tertiary/aromatic N) is 1. The third-order valence-corrected chi connectivity index (χ3v) is 3.24. The van der Waals surface area contributed by atoms with Crippen molar-refractivity contribution in [2.75, 3.05) is 6.61 Å². The third kappa shape index (κ3) is 3.49. The third-order valence-electron chi connectivity index (χ3n) is 3.24. The van der Waals surface area contributed by atoms with Gasteiger partial charge >= 0.3 is 0 Å². The predicted octanol–water partition coefficient (Wildman–Crippen LogP) is 2.16. The van der Waals surface area contributed by atoms with E-state index in [9.17, 15) is 5.11 Å². The Kier molecular flexibility index (Phi) is 4.62. The van der Waals surface area contributed by atoms with E-state index >= 15 is 0 Å². The molecule has 2 atom stereocenters. The molecule has 0 amide bonds. The first-order valence-electron chi connectivity index (χ1n) is 7.02. The van der Waals surface area contributed by atoms with Crippen LogP contribution < -0.4 is 10.5 Å². The molecule has 1 heterocycles. The number of H-pyrrole nitrogens is 1. The van der Waals surface area contributed by atoms with Gasteiger partial charge in [-0.25, -0.2) is 0 Å². The van der Waals surface area contributed by atoms with E-state index < -0.39 is 6.10 Å². The highest BCUT2D eigenvalue weighted by molar-refractivity contribution is 5.83. The molecule has 0 aliphatic carbocycles. The highest BCUT2D eigenvalue weighted by atomic mass is 16.5. The van der Waals surface area contributed by atoms with Crippen molar-refractivity contribution in [2.45, 2.75) is 45.3 Å². The minimum absolute atomic E-state index is 0.170. The van der Waals surface area contributed by atoms with Crippen LogP contribution in [0.15, 0.2) is 18.2 Å². The highest BCUT2D eigenvalue weighted by Crippen LogP contribution is 2.26. The molecule has 0 saturated carbocycles. The maximum Gasteiger partial charge on any atom is 0.121 e. The van der Waals surface area contributed by atoms with Crippen molar-refractivity contribution in [3.05, 3.63) is 23.9 Å². The van der Waals surface area contributed by atoms with Crippen molar-refractivity contribution < 1.29 is 9.84 Å². The molecule has 0 aliphatic heterocycles. The van der Waals surface area contributed by atoms with Crippen LogP contribution in [0.2, 0.25) is 0 Å². The van der Waals surface area contributed by atoms with Crippen LogP contribution in [0.4, 0.5) is 0 Å². The lowest BCUT2D eigenvalue weighted by atomic mass is 10.1. The van der Waals surface area contributed by atoms with Gasteiger partial charge in [-0.1, -0.05) is 13.8 Å². The molecule has 20 heavy (non-hydrogen) atoms. The summed E-state index contributed by atoms with van der Waals surface area (Å²) < 4.78 is 5.66. The zero-order valence-electron chi connectivity index (χ0n) is 12.3. The molecule has 1 aromatic carbocycles. The Balaban J connectivity index is 2.05. The van der Waals surface area contributed by atoms with Gasteiger partial charge in [-0.15, -0.1) is 0 Å². The fourth-order valence-corrected chi connectivity index (χ4v) is 2.25. The number of nitrogens with one attached hydrogen (secondary N) is 1. The molecule has 5 nitrogen and oxygen atoms in total. The zero-order valence-corrected chi connectivity index (χ0v) is 12.3. The highest BCUT2D eigenvalue weighted by Gasteiger charge is 2.11. The fraction of sp³-hybridized carbons (Fsp3) is 0.533. The lowest BCUT2D eigenvalue weighted by molar-refractivity contribution is 0.159. The van der Waals surface area contributed by atoms with Crippen LogP contribution in [0.5, 0.6) is 5.75 Å². The second kappa shape index (κ2) is 6.24. The minimum Gasteiger partial charge on any atom is -0.492 e. The van der Waals surface area contributed by atoms with Crippen molar-refractivity contribution in [1.29, 1.82) is 0 Å². The summed E-state index contributed by atoms with van der Waals surface area (Å²) in [4.78, 5) is 0. The number of aromatic nitrogens is 2. The first-order valence-corrected chi connectivity index (χ1v) is 7.02. The van der Waals surface area contributed by atoms with Crippen LogP contribution >= 0.6 is 0 Å². The second-order valence-corrected chi connectivity index (χ2v) is 5.63. The zero-order chi connectivity index (χ0) is 14.7. The molecular formula is C15H23N3O2. The van der Waals surface area contributed by atoms with Crippen LogP contribution in [-0.2, 0) is 0 Å². The number of fused-ring (bicyclic) bond motifs is 1. The van der Waals surface area contributed by atoms with Crippen LogP contribution in [-0.4, -0.2) is 34.1 Å². The Morgan fingerprint density at radius 1 is 1.35 bits per heavy atom. The topological polar surface area (TPSA) is 84.2 Å². The Hall–Kier alpha value is -1.59. The lowest BCUT2D eigenvalue weighted by Gasteiger charge is -2.14. The number of hydrogen-bond donors (Lipinski definition) is 3. The fourth-order valence-electron chi connectivity index (χ4n) is 2.25. The first-order chi connectivity index (χ1) is 9.47. The van der Waals surface area contributed by atoms with Crippen LogP contribution in [0.1, 0.15) is 38.8 Å². The van der Waals surface area contributed by atoms with E-state index in [0.29, 0.717) is 18.9 Å². The maximum absolute atomic E-state index is 9.27. The molecule has 0 saturated heterocycles. The SMILES string of the molecule is CC(O)CC(N)COc1ccc2c(C(C)C)[nH]nc2c1. The number of ether oxygens (including phenoxy) is 1. The van der Waals surface area contributed by atoms with Crippen molar-refractivity contribution >= 4 is 10.9 Å². The molecule has 110 valence electrons. The summed E-state index contributed by atoms with van der Waals surface area (Å²) in [5.74, 6) is 1.16. The molecule has 4 N–H and O–H groups in total. The van der Waals surface area contributed by atoms with E-state index in [4.69, 9.17) is 10.5 Å². The summed E-state index contributed by atoms with van der Waals surface area (Å²) in [6, 6.07) is 5.69. The summed E-state index contributed by atoms with van der Waals surface area (Å²) in [6.07, 6.45) is 0.123. The normalized spacial score (nSPS) is 14.7. The molecule has 2 aromatic rings. The van der Waals surface area contributed by atoms with Crippen molar-refractivity contribution in [1.82, 2.24) is 10.2 Å². The smallest absolute Gasteiger partial charge is 0.121 e. The summed E-state index contributed by atoms with van der Waals surface area (Å²) >= 11 is 0. The lowest BCUT2D eigenvalue weighted by Crippen LogP contribution is -2.31. The number of aliphatic hydroxyl groups excluding tert-OH is 1. The molecule has 0 radical (unpaired) electrons. The first kappa shape index (κ1) is 14.8. The molecule has 2 rings (SSSR count). The van der Waals surface area contributed by atoms with Gasteiger partial charge in [0.15, 0.2) is 0 Å². The van der Waals surface area contributed by atoms with E-state index in [1.54, 1.807) is 6.92 Å². The predicted molar refractivity (Wildman–Crippen MR) is 80.0 cm³/mol. The molecule has 0 fully saturated rings. The van der Waals surface area contributed by atoms with Crippen molar-refractivity contribution in [2.24, 2.45) is 5.73 Å². The average Bonchev–Trinajstić information content (AvgIpc) is 2.78. The summed E-state index contributed by atoms with van der Waals surface area (Å²) in [5, 5.41) is 17.8. The Labute approximate surface area is 119 Å². The number of nitrogens with two attached hydrogens (primary N) is 1. The van der Waals surface area contributed by atoms with Gasteiger partial charge in [0.25, 0.3) is 0 Å². The summed E-state index contributed by atoms with van der Waals surface area (Å²) in [6.45, 7) is 6.37. The Morgan fingerprint density at radius 3 is 2.75 bits per heavy atom. The van der Waals surface area contributed by atoms with Gasteiger partial charge in [-0.3, -0.25) is 5.10 Å². The van der Waals surface area contributed by atoms with E-state index in [2.05, 4.69) is 24.0 Å². The largest absolute Gasteiger partial charge is 0.492 e. The summed E-state index contributed by atoms with van der Waals surface area (Å²) in [7, 11) is 0. The number of benzene rings is 1. The van der Waals surface area contributed by atoms with Crippen LogP contribution in [0, 0.1) is 0 Å². The van der Waals surface area contributed by atoms with Gasteiger partial charge in [-0.05, 0) is 31.4 Å². The average molecular weight is 277 g/mol.